The number of aromatic amines is 1. The SMILES string of the molecule is O=C(N[C@@H]1C[C@H]2CC[C@@H]1N2)c1ccc(Oc2ccc(N3CCOCC3)[nH]2)cc1. The zero-order chi connectivity index (χ0) is 18.9. The van der Waals surface area contributed by atoms with Crippen molar-refractivity contribution in [1.29, 1.82) is 0 Å². The molecule has 2 aromatic rings. The summed E-state index contributed by atoms with van der Waals surface area (Å²) in [6, 6.07) is 12.5. The first-order valence-electron chi connectivity index (χ1n) is 10.1. The number of fused-ring (bicyclic) bond motifs is 2. The summed E-state index contributed by atoms with van der Waals surface area (Å²) in [6.07, 6.45) is 3.43. The van der Waals surface area contributed by atoms with Crippen molar-refractivity contribution in [3.63, 3.8) is 0 Å². The fourth-order valence-corrected chi connectivity index (χ4v) is 4.45. The van der Waals surface area contributed by atoms with Crippen molar-refractivity contribution in [2.45, 2.75) is 37.4 Å². The number of nitrogens with zero attached hydrogens (tertiary/aromatic N) is 1. The summed E-state index contributed by atoms with van der Waals surface area (Å²) in [7, 11) is 0. The molecule has 3 N–H and O–H groups in total. The lowest BCUT2D eigenvalue weighted by Gasteiger charge is -2.27. The van der Waals surface area contributed by atoms with Crippen molar-refractivity contribution in [3.8, 4) is 11.6 Å². The molecule has 3 fully saturated rings. The molecule has 0 radical (unpaired) electrons. The number of aromatic nitrogens is 1. The summed E-state index contributed by atoms with van der Waals surface area (Å²) < 4.78 is 11.3. The van der Waals surface area contributed by atoms with Gasteiger partial charge in [-0.2, -0.15) is 0 Å². The van der Waals surface area contributed by atoms with E-state index in [-0.39, 0.29) is 11.9 Å². The first kappa shape index (κ1) is 17.6. The van der Waals surface area contributed by atoms with E-state index in [9.17, 15) is 4.79 Å². The summed E-state index contributed by atoms with van der Waals surface area (Å²) in [5.74, 6) is 2.41. The fraction of sp³-hybridized carbons (Fsp3) is 0.476. The predicted octanol–water partition coefficient (Wildman–Crippen LogP) is 2.27. The molecule has 3 aliphatic rings. The van der Waals surface area contributed by atoms with Gasteiger partial charge in [0.05, 0.1) is 13.2 Å². The van der Waals surface area contributed by atoms with Crippen LogP contribution in [0.15, 0.2) is 36.4 Å². The van der Waals surface area contributed by atoms with Crippen LogP contribution in [0.1, 0.15) is 29.6 Å². The molecule has 3 saturated heterocycles. The maximum Gasteiger partial charge on any atom is 0.251 e. The lowest BCUT2D eigenvalue weighted by molar-refractivity contribution is 0.0931. The number of hydrogen-bond donors (Lipinski definition) is 3. The monoisotopic (exact) mass is 382 g/mol. The summed E-state index contributed by atoms with van der Waals surface area (Å²) in [4.78, 5) is 18.1. The Balaban J connectivity index is 1.18. The van der Waals surface area contributed by atoms with Crippen molar-refractivity contribution in [3.05, 3.63) is 42.0 Å². The molecule has 0 unspecified atom stereocenters. The Morgan fingerprint density at radius 1 is 1.11 bits per heavy atom. The first-order chi connectivity index (χ1) is 13.7. The summed E-state index contributed by atoms with van der Waals surface area (Å²) >= 11 is 0. The maximum atomic E-state index is 12.5. The van der Waals surface area contributed by atoms with Crippen LogP contribution < -0.4 is 20.3 Å². The van der Waals surface area contributed by atoms with E-state index in [0.717, 1.165) is 45.0 Å². The van der Waals surface area contributed by atoms with Crippen molar-refractivity contribution in [2.75, 3.05) is 31.2 Å². The van der Waals surface area contributed by atoms with Crippen LogP contribution in [0.25, 0.3) is 0 Å². The number of anilines is 1. The highest BCUT2D eigenvalue weighted by Crippen LogP contribution is 2.29. The van der Waals surface area contributed by atoms with Crippen molar-refractivity contribution in [2.24, 2.45) is 0 Å². The number of nitrogens with one attached hydrogen (secondary N) is 3. The number of carbonyl (C=O) groups excluding carboxylic acids is 1. The van der Waals surface area contributed by atoms with Gasteiger partial charge in [0.25, 0.3) is 5.91 Å². The zero-order valence-electron chi connectivity index (χ0n) is 15.8. The van der Waals surface area contributed by atoms with Gasteiger partial charge >= 0.3 is 0 Å². The Bertz CT molecular complexity index is 828. The molecule has 5 rings (SSSR count). The molecule has 4 heterocycles. The Hall–Kier alpha value is -2.51. The van der Waals surface area contributed by atoms with Crippen LogP contribution in [0, 0.1) is 0 Å². The summed E-state index contributed by atoms with van der Waals surface area (Å²) in [5, 5.41) is 6.72. The lowest BCUT2D eigenvalue weighted by Crippen LogP contribution is -2.42. The number of ether oxygens (including phenoxy) is 2. The molecule has 1 aromatic heterocycles. The second-order valence-corrected chi connectivity index (χ2v) is 7.80. The number of benzene rings is 1. The molecule has 1 aromatic carbocycles. The minimum Gasteiger partial charge on any atom is -0.441 e. The molecule has 0 aliphatic carbocycles. The van der Waals surface area contributed by atoms with Crippen LogP contribution in [-0.2, 0) is 4.74 Å². The third-order valence-electron chi connectivity index (χ3n) is 5.96. The van der Waals surface area contributed by atoms with Gasteiger partial charge in [-0.05, 0) is 49.6 Å². The lowest BCUT2D eigenvalue weighted by atomic mass is 9.95. The van der Waals surface area contributed by atoms with Crippen molar-refractivity contribution in [1.82, 2.24) is 15.6 Å². The molecule has 3 aliphatic heterocycles. The number of carbonyl (C=O) groups is 1. The summed E-state index contributed by atoms with van der Waals surface area (Å²) in [6.45, 7) is 3.25. The molecule has 0 saturated carbocycles. The van der Waals surface area contributed by atoms with Crippen LogP contribution >= 0.6 is 0 Å². The van der Waals surface area contributed by atoms with Crippen LogP contribution in [-0.4, -0.2) is 55.3 Å². The normalized spacial score (nSPS) is 26.4. The van der Waals surface area contributed by atoms with E-state index in [2.05, 4.69) is 20.5 Å². The van der Waals surface area contributed by atoms with Gasteiger partial charge in [0, 0.05) is 42.8 Å². The van der Waals surface area contributed by atoms with E-state index >= 15 is 0 Å². The summed E-state index contributed by atoms with van der Waals surface area (Å²) in [5.41, 5.74) is 0.663. The number of rotatable bonds is 5. The van der Waals surface area contributed by atoms with E-state index in [0.29, 0.717) is 29.3 Å². The smallest absolute Gasteiger partial charge is 0.251 e. The largest absolute Gasteiger partial charge is 0.441 e. The van der Waals surface area contributed by atoms with Gasteiger partial charge in [-0.3, -0.25) is 4.79 Å². The quantitative estimate of drug-likeness (QED) is 0.739. The third kappa shape index (κ3) is 3.59. The van der Waals surface area contributed by atoms with E-state index < -0.39 is 0 Å². The van der Waals surface area contributed by atoms with E-state index in [1.54, 1.807) is 0 Å². The van der Waals surface area contributed by atoms with Gasteiger partial charge in [0.2, 0.25) is 0 Å². The number of amides is 1. The molecule has 0 spiro atoms. The van der Waals surface area contributed by atoms with Gasteiger partial charge in [-0.15, -0.1) is 0 Å². The van der Waals surface area contributed by atoms with Crippen LogP contribution in [0.3, 0.4) is 0 Å². The minimum atomic E-state index is -0.0135. The van der Waals surface area contributed by atoms with Gasteiger partial charge in [-0.1, -0.05) is 0 Å². The van der Waals surface area contributed by atoms with Gasteiger partial charge in [0.15, 0.2) is 5.88 Å². The van der Waals surface area contributed by atoms with Gasteiger partial charge < -0.3 is 30.0 Å². The minimum absolute atomic E-state index is 0.0135. The molecule has 28 heavy (non-hydrogen) atoms. The number of hydrogen-bond acceptors (Lipinski definition) is 5. The van der Waals surface area contributed by atoms with Crippen LogP contribution in [0.4, 0.5) is 5.82 Å². The molecule has 148 valence electrons. The molecule has 1 amide bonds. The molecule has 2 bridgehead atoms. The Kier molecular flexibility index (Phi) is 4.70. The Labute approximate surface area is 164 Å². The average Bonchev–Trinajstić information content (AvgIpc) is 3.46. The predicted molar refractivity (Wildman–Crippen MR) is 106 cm³/mol. The molecular formula is C21H26N4O3. The van der Waals surface area contributed by atoms with Crippen LogP contribution in [0.5, 0.6) is 11.6 Å². The second-order valence-electron chi connectivity index (χ2n) is 7.80. The standard InChI is InChI=1S/C21H26N4O3/c26-21(23-18-13-15-3-6-17(18)22-15)14-1-4-16(5-2-14)28-20-8-7-19(24-20)25-9-11-27-12-10-25/h1-2,4-5,7-8,15,17-18,22,24H,3,6,9-13H2,(H,23,26)/t15-,17+,18-/m1/s1. The maximum absolute atomic E-state index is 12.5. The third-order valence-corrected chi connectivity index (χ3v) is 5.96. The highest BCUT2D eigenvalue weighted by atomic mass is 16.5. The second kappa shape index (κ2) is 7.48. The van der Waals surface area contributed by atoms with Crippen molar-refractivity contribution >= 4 is 11.7 Å². The van der Waals surface area contributed by atoms with Crippen molar-refractivity contribution < 1.29 is 14.3 Å². The molecule has 7 nitrogen and oxygen atoms in total. The topological polar surface area (TPSA) is 78.6 Å². The zero-order valence-corrected chi connectivity index (χ0v) is 15.8. The number of morpholine rings is 1. The highest BCUT2D eigenvalue weighted by Gasteiger charge is 2.39. The Morgan fingerprint density at radius 2 is 1.93 bits per heavy atom. The van der Waals surface area contributed by atoms with Gasteiger partial charge in [-0.25, -0.2) is 0 Å². The highest BCUT2D eigenvalue weighted by molar-refractivity contribution is 5.94. The molecule has 3 atom stereocenters. The molecule has 7 heteroatoms. The van der Waals surface area contributed by atoms with Crippen LogP contribution in [0.2, 0.25) is 0 Å². The number of H-pyrrole nitrogens is 1. The Morgan fingerprint density at radius 3 is 2.64 bits per heavy atom. The average molecular weight is 382 g/mol. The van der Waals surface area contributed by atoms with E-state index in [1.165, 1.54) is 6.42 Å². The van der Waals surface area contributed by atoms with E-state index in [1.807, 2.05) is 36.4 Å². The molecular weight excluding hydrogens is 356 g/mol. The van der Waals surface area contributed by atoms with E-state index in [4.69, 9.17) is 9.47 Å². The van der Waals surface area contributed by atoms with Gasteiger partial charge in [0.1, 0.15) is 11.6 Å². The first-order valence-corrected chi connectivity index (χ1v) is 10.1. The fourth-order valence-electron chi connectivity index (χ4n) is 4.45.